The lowest BCUT2D eigenvalue weighted by molar-refractivity contribution is -0.115. The Balaban J connectivity index is 2.24. The number of aryl methyl sites for hydroxylation is 2. The Morgan fingerprint density at radius 2 is 2.14 bits per heavy atom. The first-order valence-electron chi connectivity index (χ1n) is 6.70. The third-order valence-corrected chi connectivity index (χ3v) is 4.17. The van der Waals surface area contributed by atoms with Gasteiger partial charge in [0, 0.05) is 24.5 Å². The van der Waals surface area contributed by atoms with Crippen LogP contribution >= 0.6 is 11.8 Å². The van der Waals surface area contributed by atoms with Crippen molar-refractivity contribution in [2.75, 3.05) is 11.6 Å². The summed E-state index contributed by atoms with van der Waals surface area (Å²) in [5.41, 5.74) is 8.48. The van der Waals surface area contributed by atoms with Crippen LogP contribution in [0.25, 0.3) is 0 Å². The number of rotatable bonds is 3. The molecule has 22 heavy (non-hydrogen) atoms. The molecule has 1 aliphatic heterocycles. The van der Waals surface area contributed by atoms with Gasteiger partial charge in [-0.05, 0) is 20.1 Å². The van der Waals surface area contributed by atoms with Crippen LogP contribution in [0.3, 0.4) is 0 Å². The van der Waals surface area contributed by atoms with Crippen molar-refractivity contribution in [1.82, 2.24) is 24.5 Å². The molecule has 0 fully saturated rings. The summed E-state index contributed by atoms with van der Waals surface area (Å²) < 4.78 is 3.41. The molecule has 0 unspecified atom stereocenters. The van der Waals surface area contributed by atoms with Crippen LogP contribution in [0.2, 0.25) is 0 Å². The molecule has 2 aromatic rings. The maximum atomic E-state index is 12.0. The highest BCUT2D eigenvalue weighted by molar-refractivity contribution is 7.98. The smallest absolute Gasteiger partial charge is 0.248 e. The Labute approximate surface area is 131 Å². The zero-order valence-corrected chi connectivity index (χ0v) is 13.6. The lowest BCUT2D eigenvalue weighted by Gasteiger charge is -2.27. The number of thioether (sulfide) groups is 1. The van der Waals surface area contributed by atoms with Gasteiger partial charge in [-0.25, -0.2) is 4.68 Å². The second kappa shape index (κ2) is 5.16. The Morgan fingerprint density at radius 3 is 2.68 bits per heavy atom. The number of anilines is 1. The Hall–Kier alpha value is -2.29. The fourth-order valence-electron chi connectivity index (χ4n) is 2.71. The van der Waals surface area contributed by atoms with Crippen LogP contribution in [0.1, 0.15) is 24.2 Å². The van der Waals surface area contributed by atoms with Gasteiger partial charge in [-0.2, -0.15) is 10.1 Å². The molecule has 9 heteroatoms. The predicted octanol–water partition coefficient (Wildman–Crippen LogP) is 0.816. The Morgan fingerprint density at radius 1 is 1.41 bits per heavy atom. The highest BCUT2D eigenvalue weighted by Crippen LogP contribution is 2.36. The van der Waals surface area contributed by atoms with Gasteiger partial charge in [0.05, 0.1) is 11.3 Å². The number of hydrogen-bond donors (Lipinski definition) is 2. The zero-order valence-electron chi connectivity index (χ0n) is 12.8. The maximum absolute atomic E-state index is 12.0. The van der Waals surface area contributed by atoms with Gasteiger partial charge in [-0.3, -0.25) is 9.48 Å². The number of primary amides is 1. The van der Waals surface area contributed by atoms with E-state index in [2.05, 4.69) is 20.5 Å². The minimum absolute atomic E-state index is 0.421. The number of nitrogens with two attached hydrogens (primary N) is 1. The molecule has 0 spiro atoms. The molecule has 0 saturated carbocycles. The molecular weight excluding hydrogens is 302 g/mol. The first-order chi connectivity index (χ1) is 10.4. The third-order valence-electron chi connectivity index (χ3n) is 3.63. The largest absolute Gasteiger partial charge is 0.366 e. The minimum Gasteiger partial charge on any atom is -0.366 e. The van der Waals surface area contributed by atoms with E-state index < -0.39 is 11.9 Å². The van der Waals surface area contributed by atoms with Crippen LogP contribution in [0.4, 0.5) is 5.95 Å². The van der Waals surface area contributed by atoms with Crippen molar-refractivity contribution in [2.45, 2.75) is 25.0 Å². The number of aromatic nitrogens is 5. The van der Waals surface area contributed by atoms with Gasteiger partial charge in [0.15, 0.2) is 0 Å². The molecular formula is C13H17N7OS. The van der Waals surface area contributed by atoms with Gasteiger partial charge in [0.1, 0.15) is 6.04 Å². The van der Waals surface area contributed by atoms with Gasteiger partial charge in [0.2, 0.25) is 17.0 Å². The summed E-state index contributed by atoms with van der Waals surface area (Å²) in [6.07, 6.45) is 3.78. The van der Waals surface area contributed by atoms with E-state index in [1.54, 1.807) is 9.36 Å². The minimum atomic E-state index is -0.481. The first-order valence-corrected chi connectivity index (χ1v) is 7.93. The summed E-state index contributed by atoms with van der Waals surface area (Å²) in [4.78, 5) is 16.4. The second-order valence-corrected chi connectivity index (χ2v) is 5.91. The highest BCUT2D eigenvalue weighted by Gasteiger charge is 2.34. The van der Waals surface area contributed by atoms with E-state index in [4.69, 9.17) is 5.73 Å². The molecule has 116 valence electrons. The molecule has 1 amide bonds. The number of hydrogen-bond acceptors (Lipinski definition) is 6. The van der Waals surface area contributed by atoms with E-state index in [-0.39, 0.29) is 0 Å². The Bertz CT molecular complexity index is 788. The summed E-state index contributed by atoms with van der Waals surface area (Å²) in [5, 5.41) is 12.6. The van der Waals surface area contributed by atoms with Gasteiger partial charge >= 0.3 is 0 Å². The zero-order chi connectivity index (χ0) is 16.0. The van der Waals surface area contributed by atoms with Gasteiger partial charge < -0.3 is 11.1 Å². The number of allylic oxidation sites excluding steroid dienone is 1. The van der Waals surface area contributed by atoms with Crippen LogP contribution in [0.5, 0.6) is 0 Å². The van der Waals surface area contributed by atoms with Gasteiger partial charge in [-0.1, -0.05) is 11.8 Å². The van der Waals surface area contributed by atoms with Crippen molar-refractivity contribution in [3.8, 4) is 0 Å². The number of fused-ring (bicyclic) bond motifs is 1. The third kappa shape index (κ3) is 2.17. The van der Waals surface area contributed by atoms with Crippen LogP contribution in [0, 0.1) is 6.92 Å². The van der Waals surface area contributed by atoms with Crippen LogP contribution < -0.4 is 11.1 Å². The lowest BCUT2D eigenvalue weighted by Crippen LogP contribution is -2.32. The van der Waals surface area contributed by atoms with E-state index in [0.717, 1.165) is 11.3 Å². The van der Waals surface area contributed by atoms with E-state index in [1.807, 2.05) is 33.3 Å². The molecule has 3 rings (SSSR count). The van der Waals surface area contributed by atoms with E-state index in [0.29, 0.717) is 22.4 Å². The molecule has 0 aliphatic carbocycles. The number of nitrogens with zero attached hydrogens (tertiary/aromatic N) is 5. The van der Waals surface area contributed by atoms with Crippen LogP contribution in [-0.4, -0.2) is 36.7 Å². The molecule has 0 bridgehead atoms. The molecule has 3 heterocycles. The topological polar surface area (TPSA) is 104 Å². The summed E-state index contributed by atoms with van der Waals surface area (Å²) in [6.45, 7) is 3.72. The van der Waals surface area contributed by atoms with E-state index in [9.17, 15) is 4.79 Å². The molecule has 0 aromatic carbocycles. The molecule has 1 aliphatic rings. The second-order valence-electron chi connectivity index (χ2n) is 5.14. The maximum Gasteiger partial charge on any atom is 0.248 e. The molecule has 2 aromatic heterocycles. The van der Waals surface area contributed by atoms with Crippen molar-refractivity contribution in [3.63, 3.8) is 0 Å². The highest BCUT2D eigenvalue weighted by atomic mass is 32.2. The van der Waals surface area contributed by atoms with Gasteiger partial charge in [-0.15, -0.1) is 5.10 Å². The van der Waals surface area contributed by atoms with Crippen LogP contribution in [-0.2, 0) is 11.8 Å². The van der Waals surface area contributed by atoms with Gasteiger partial charge in [0.25, 0.3) is 0 Å². The average molecular weight is 319 g/mol. The number of amides is 1. The summed E-state index contributed by atoms with van der Waals surface area (Å²) in [7, 11) is 1.84. The van der Waals surface area contributed by atoms with Crippen molar-refractivity contribution in [3.05, 3.63) is 28.7 Å². The number of carbonyl (C=O) groups is 1. The quantitative estimate of drug-likeness (QED) is 0.812. The van der Waals surface area contributed by atoms with Crippen molar-refractivity contribution in [2.24, 2.45) is 12.8 Å². The number of carbonyl (C=O) groups excluding carboxylic acids is 1. The van der Waals surface area contributed by atoms with Crippen molar-refractivity contribution < 1.29 is 4.79 Å². The lowest BCUT2D eigenvalue weighted by atomic mass is 9.96. The SMILES string of the molecule is CSc1nc2n(n1)[C@@H](c1cn(C)nc1C)C(C(N)=O)=C(C)N2. The first kappa shape index (κ1) is 14.6. The fourth-order valence-corrected chi connectivity index (χ4v) is 3.06. The molecule has 0 saturated heterocycles. The molecule has 3 N–H and O–H groups in total. The molecule has 1 atom stereocenters. The van der Waals surface area contributed by atoms with Crippen molar-refractivity contribution in [1.29, 1.82) is 0 Å². The number of nitrogens with one attached hydrogen (secondary N) is 1. The fraction of sp³-hybridized carbons (Fsp3) is 0.385. The Kier molecular flexibility index (Phi) is 3.44. The summed E-state index contributed by atoms with van der Waals surface area (Å²) >= 11 is 1.44. The van der Waals surface area contributed by atoms with E-state index in [1.165, 1.54) is 11.8 Å². The van der Waals surface area contributed by atoms with E-state index >= 15 is 0 Å². The van der Waals surface area contributed by atoms with Crippen LogP contribution in [0.15, 0.2) is 22.6 Å². The average Bonchev–Trinajstić information content (AvgIpc) is 2.99. The molecule has 8 nitrogen and oxygen atoms in total. The normalized spacial score (nSPS) is 17.4. The summed E-state index contributed by atoms with van der Waals surface area (Å²) in [6, 6.07) is -0.421. The standard InChI is InChI=1S/C13H17N7OS/c1-6-8(5-19(3)17-6)10-9(11(14)21)7(2)15-12-16-13(22-4)18-20(10)12/h5,10H,1-4H3,(H2,14,21)(H,15,16,18)/t10-/m0/s1. The van der Waals surface area contributed by atoms with Crippen molar-refractivity contribution >= 4 is 23.6 Å². The monoisotopic (exact) mass is 319 g/mol. The molecule has 0 radical (unpaired) electrons. The predicted molar refractivity (Wildman–Crippen MR) is 83.4 cm³/mol. The summed E-state index contributed by atoms with van der Waals surface area (Å²) in [5.74, 6) is 0.116.